The third-order valence-corrected chi connectivity index (χ3v) is 3.11. The molecule has 1 fully saturated rings. The predicted molar refractivity (Wildman–Crippen MR) is 54.6 cm³/mol. The molecular formula is C9H19NOS. The molecule has 0 aromatic heterocycles. The summed E-state index contributed by atoms with van der Waals surface area (Å²) in [5.74, 6) is 2.45. The van der Waals surface area contributed by atoms with Crippen molar-refractivity contribution in [2.24, 2.45) is 5.73 Å². The van der Waals surface area contributed by atoms with Gasteiger partial charge >= 0.3 is 0 Å². The van der Waals surface area contributed by atoms with Crippen LogP contribution < -0.4 is 5.73 Å². The van der Waals surface area contributed by atoms with E-state index < -0.39 is 0 Å². The minimum absolute atomic E-state index is 0.417. The molecule has 0 amide bonds. The highest BCUT2D eigenvalue weighted by molar-refractivity contribution is 7.99. The smallest absolute Gasteiger partial charge is 0.0604 e. The molecule has 72 valence electrons. The van der Waals surface area contributed by atoms with Crippen LogP contribution >= 0.6 is 11.8 Å². The molecule has 0 aromatic carbocycles. The highest BCUT2D eigenvalue weighted by atomic mass is 32.2. The van der Waals surface area contributed by atoms with Crippen LogP contribution in [-0.2, 0) is 4.74 Å². The zero-order valence-electron chi connectivity index (χ0n) is 7.79. The van der Waals surface area contributed by atoms with Crippen molar-refractivity contribution in [1.82, 2.24) is 0 Å². The van der Waals surface area contributed by atoms with E-state index >= 15 is 0 Å². The van der Waals surface area contributed by atoms with Crippen LogP contribution in [0.4, 0.5) is 0 Å². The van der Waals surface area contributed by atoms with Gasteiger partial charge in [-0.3, -0.25) is 0 Å². The lowest BCUT2D eigenvalue weighted by Gasteiger charge is -2.32. The number of ether oxygens (including phenoxy) is 1. The normalized spacial score (nSPS) is 28.5. The van der Waals surface area contributed by atoms with Gasteiger partial charge in [0, 0.05) is 12.6 Å². The summed E-state index contributed by atoms with van der Waals surface area (Å²) in [6, 6.07) is 0.417. The number of nitrogens with two attached hydrogens (primary N) is 1. The number of rotatable bonds is 6. The van der Waals surface area contributed by atoms with Crippen LogP contribution in [-0.4, -0.2) is 30.3 Å². The van der Waals surface area contributed by atoms with E-state index in [1.54, 1.807) is 0 Å². The first-order valence-corrected chi connectivity index (χ1v) is 5.93. The Morgan fingerprint density at radius 3 is 2.83 bits per heavy atom. The van der Waals surface area contributed by atoms with E-state index in [0.717, 1.165) is 19.4 Å². The molecule has 1 rings (SSSR count). The molecule has 0 saturated heterocycles. The quantitative estimate of drug-likeness (QED) is 0.645. The number of hydrogen-bond donors (Lipinski definition) is 1. The minimum atomic E-state index is 0.417. The third kappa shape index (κ3) is 3.78. The van der Waals surface area contributed by atoms with Crippen molar-refractivity contribution in [3.63, 3.8) is 0 Å². The Labute approximate surface area is 79.2 Å². The highest BCUT2D eigenvalue weighted by Gasteiger charge is 2.25. The second-order valence-corrected chi connectivity index (χ2v) is 4.67. The van der Waals surface area contributed by atoms with E-state index in [0.29, 0.717) is 12.1 Å². The van der Waals surface area contributed by atoms with Gasteiger partial charge in [0.1, 0.15) is 0 Å². The summed E-state index contributed by atoms with van der Waals surface area (Å²) in [5, 5.41) is 0. The molecule has 0 unspecified atom stereocenters. The van der Waals surface area contributed by atoms with E-state index in [-0.39, 0.29) is 0 Å². The Morgan fingerprint density at radius 1 is 1.50 bits per heavy atom. The topological polar surface area (TPSA) is 35.2 Å². The van der Waals surface area contributed by atoms with E-state index in [9.17, 15) is 0 Å². The van der Waals surface area contributed by atoms with Gasteiger partial charge in [0.2, 0.25) is 0 Å². The molecular weight excluding hydrogens is 170 g/mol. The monoisotopic (exact) mass is 189 g/mol. The van der Waals surface area contributed by atoms with Gasteiger partial charge in [-0.15, -0.1) is 0 Å². The molecule has 3 heteroatoms. The van der Waals surface area contributed by atoms with Crippen molar-refractivity contribution < 1.29 is 4.74 Å². The Hall–Kier alpha value is 0.270. The van der Waals surface area contributed by atoms with Crippen molar-refractivity contribution in [3.8, 4) is 0 Å². The summed E-state index contributed by atoms with van der Waals surface area (Å²) in [6.45, 7) is 3.11. The molecule has 2 N–H and O–H groups in total. The van der Waals surface area contributed by atoms with Gasteiger partial charge in [0.05, 0.1) is 6.10 Å². The van der Waals surface area contributed by atoms with E-state index in [2.05, 4.69) is 6.92 Å². The van der Waals surface area contributed by atoms with Gasteiger partial charge < -0.3 is 10.5 Å². The fraction of sp³-hybridized carbons (Fsp3) is 1.00. The van der Waals surface area contributed by atoms with E-state index in [1.165, 1.54) is 17.9 Å². The average Bonchev–Trinajstić information content (AvgIpc) is 2.00. The Bertz CT molecular complexity index is 115. The third-order valence-electron chi connectivity index (χ3n) is 2.12. The lowest BCUT2D eigenvalue weighted by Crippen LogP contribution is -2.41. The van der Waals surface area contributed by atoms with Gasteiger partial charge in [0.15, 0.2) is 0 Å². The molecule has 1 aliphatic rings. The summed E-state index contributed by atoms with van der Waals surface area (Å²) in [5.41, 5.74) is 5.64. The molecule has 0 atom stereocenters. The van der Waals surface area contributed by atoms with Crippen molar-refractivity contribution in [1.29, 1.82) is 0 Å². The van der Waals surface area contributed by atoms with Crippen molar-refractivity contribution in [2.75, 3.05) is 18.1 Å². The molecule has 0 radical (unpaired) electrons. The molecule has 0 heterocycles. The Morgan fingerprint density at radius 2 is 2.25 bits per heavy atom. The van der Waals surface area contributed by atoms with Gasteiger partial charge in [-0.25, -0.2) is 0 Å². The molecule has 2 nitrogen and oxygen atoms in total. The maximum absolute atomic E-state index is 5.64. The number of hydrogen-bond acceptors (Lipinski definition) is 3. The first-order valence-electron chi connectivity index (χ1n) is 4.78. The summed E-state index contributed by atoms with van der Waals surface area (Å²) in [4.78, 5) is 0. The average molecular weight is 189 g/mol. The Balaban J connectivity index is 1.77. The summed E-state index contributed by atoms with van der Waals surface area (Å²) in [7, 11) is 0. The molecule has 1 aliphatic carbocycles. The van der Waals surface area contributed by atoms with E-state index in [4.69, 9.17) is 10.5 Å². The first-order chi connectivity index (χ1) is 5.83. The molecule has 0 bridgehead atoms. The van der Waals surface area contributed by atoms with E-state index in [1.807, 2.05) is 11.8 Å². The zero-order valence-corrected chi connectivity index (χ0v) is 8.61. The molecule has 0 spiro atoms. The fourth-order valence-electron chi connectivity index (χ4n) is 1.30. The van der Waals surface area contributed by atoms with Crippen LogP contribution in [0.25, 0.3) is 0 Å². The van der Waals surface area contributed by atoms with Gasteiger partial charge in [-0.2, -0.15) is 11.8 Å². The maximum atomic E-state index is 5.64. The standard InChI is InChI=1S/C9H19NOS/c1-2-12-5-3-4-11-9-6-8(10)7-9/h8-9H,2-7,10H2,1H3. The van der Waals surface area contributed by atoms with Crippen LogP contribution in [0.5, 0.6) is 0 Å². The zero-order chi connectivity index (χ0) is 8.81. The van der Waals surface area contributed by atoms with Gasteiger partial charge in [0.25, 0.3) is 0 Å². The largest absolute Gasteiger partial charge is 0.378 e. The number of thioether (sulfide) groups is 1. The highest BCUT2D eigenvalue weighted by Crippen LogP contribution is 2.21. The summed E-state index contributed by atoms with van der Waals surface area (Å²) < 4.78 is 5.60. The first kappa shape index (κ1) is 10.4. The van der Waals surface area contributed by atoms with Crippen molar-refractivity contribution >= 4 is 11.8 Å². The second-order valence-electron chi connectivity index (χ2n) is 3.27. The SMILES string of the molecule is CCSCCCOC1CC(N)C1. The summed E-state index contributed by atoms with van der Waals surface area (Å²) in [6.07, 6.45) is 3.80. The van der Waals surface area contributed by atoms with Crippen LogP contribution in [0.3, 0.4) is 0 Å². The lowest BCUT2D eigenvalue weighted by molar-refractivity contribution is -0.00746. The maximum Gasteiger partial charge on any atom is 0.0604 e. The van der Waals surface area contributed by atoms with Gasteiger partial charge in [-0.05, 0) is 30.8 Å². The Kier molecular flexibility index (Phi) is 5.04. The molecule has 0 aliphatic heterocycles. The van der Waals surface area contributed by atoms with Crippen molar-refractivity contribution in [2.45, 2.75) is 38.3 Å². The van der Waals surface area contributed by atoms with Crippen LogP contribution in [0.2, 0.25) is 0 Å². The summed E-state index contributed by atoms with van der Waals surface area (Å²) >= 11 is 1.98. The van der Waals surface area contributed by atoms with Crippen LogP contribution in [0, 0.1) is 0 Å². The molecule has 0 aromatic rings. The lowest BCUT2D eigenvalue weighted by atomic mass is 9.90. The molecule has 12 heavy (non-hydrogen) atoms. The second kappa shape index (κ2) is 5.84. The van der Waals surface area contributed by atoms with Crippen molar-refractivity contribution in [3.05, 3.63) is 0 Å². The predicted octanol–water partition coefficient (Wildman–Crippen LogP) is 1.64. The van der Waals surface area contributed by atoms with Crippen LogP contribution in [0.1, 0.15) is 26.2 Å². The van der Waals surface area contributed by atoms with Gasteiger partial charge in [-0.1, -0.05) is 6.92 Å². The fourth-order valence-corrected chi connectivity index (χ4v) is 1.91. The van der Waals surface area contributed by atoms with Crippen LogP contribution in [0.15, 0.2) is 0 Å². The minimum Gasteiger partial charge on any atom is -0.378 e. The molecule has 1 saturated carbocycles.